The summed E-state index contributed by atoms with van der Waals surface area (Å²) in [5.41, 5.74) is 5.14. The van der Waals surface area contributed by atoms with E-state index in [1.54, 1.807) is 22.7 Å². The molecule has 1 unspecified atom stereocenters. The number of nitrogens with two attached hydrogens (primary N) is 1. The first-order valence-corrected chi connectivity index (χ1v) is 8.04. The molecule has 1 atom stereocenters. The van der Waals surface area contributed by atoms with Gasteiger partial charge < -0.3 is 11.1 Å². The Kier molecular flexibility index (Phi) is 5.39. The molecule has 2 aromatic heterocycles. The molecule has 0 aromatic carbocycles. The van der Waals surface area contributed by atoms with Crippen molar-refractivity contribution >= 4 is 40.2 Å². The highest BCUT2D eigenvalue weighted by molar-refractivity contribution is 7.16. The molecule has 0 aliphatic rings. The summed E-state index contributed by atoms with van der Waals surface area (Å²) in [5, 5.41) is 5.52. The highest BCUT2D eigenvalue weighted by atomic mass is 35.5. The van der Waals surface area contributed by atoms with Crippen LogP contribution in [-0.2, 0) is 4.79 Å². The van der Waals surface area contributed by atoms with Gasteiger partial charge in [-0.2, -0.15) is 0 Å². The lowest BCUT2D eigenvalue weighted by Gasteiger charge is -2.15. The minimum absolute atomic E-state index is 0.144. The number of thiophene rings is 2. The van der Waals surface area contributed by atoms with Crippen LogP contribution in [0.1, 0.15) is 28.6 Å². The molecule has 1 amide bonds. The van der Waals surface area contributed by atoms with Crippen molar-refractivity contribution in [2.45, 2.75) is 18.9 Å². The second-order valence-electron chi connectivity index (χ2n) is 4.11. The van der Waals surface area contributed by atoms with Crippen LogP contribution >= 0.6 is 34.3 Å². The number of hydrogen-bond acceptors (Lipinski definition) is 4. The monoisotopic (exact) mass is 314 g/mol. The second kappa shape index (κ2) is 7.05. The highest BCUT2D eigenvalue weighted by Gasteiger charge is 2.16. The molecule has 6 heteroatoms. The van der Waals surface area contributed by atoms with Gasteiger partial charge in [0.2, 0.25) is 5.91 Å². The topological polar surface area (TPSA) is 55.1 Å². The zero-order valence-electron chi connectivity index (χ0n) is 10.3. The lowest BCUT2D eigenvalue weighted by molar-refractivity contribution is -0.118. The van der Waals surface area contributed by atoms with Crippen molar-refractivity contribution in [3.63, 3.8) is 0 Å². The van der Waals surface area contributed by atoms with Crippen LogP contribution in [0.5, 0.6) is 0 Å². The van der Waals surface area contributed by atoms with Gasteiger partial charge in [-0.15, -0.1) is 22.7 Å². The molecule has 0 aliphatic carbocycles. The normalized spacial score (nSPS) is 12.5. The zero-order chi connectivity index (χ0) is 13.7. The number of carbonyl (C=O) groups excluding carboxylic acids is 1. The molecule has 2 rings (SSSR count). The molecule has 0 saturated carbocycles. The predicted molar refractivity (Wildman–Crippen MR) is 81.9 cm³/mol. The summed E-state index contributed by atoms with van der Waals surface area (Å²) in [6.45, 7) is 0.751. The van der Waals surface area contributed by atoms with Gasteiger partial charge in [0.05, 0.1) is 10.4 Å². The van der Waals surface area contributed by atoms with Gasteiger partial charge in [0.15, 0.2) is 0 Å². The van der Waals surface area contributed by atoms with Crippen molar-refractivity contribution in [1.82, 2.24) is 5.32 Å². The first kappa shape index (κ1) is 14.5. The summed E-state index contributed by atoms with van der Waals surface area (Å²) in [5.74, 6) is -0.256. The number of nitrogens with one attached hydrogen (secondary N) is 1. The van der Waals surface area contributed by atoms with Gasteiger partial charge >= 0.3 is 0 Å². The first-order chi connectivity index (χ1) is 9.16. The fraction of sp³-hybridized carbons (Fsp3) is 0.308. The van der Waals surface area contributed by atoms with E-state index >= 15 is 0 Å². The van der Waals surface area contributed by atoms with E-state index in [9.17, 15) is 4.79 Å². The number of hydrogen-bond donors (Lipinski definition) is 2. The molecule has 0 fully saturated rings. The smallest absolute Gasteiger partial charge is 0.217 e. The zero-order valence-corrected chi connectivity index (χ0v) is 12.7. The third-order valence-electron chi connectivity index (χ3n) is 2.65. The second-order valence-corrected chi connectivity index (χ2v) is 6.84. The van der Waals surface area contributed by atoms with E-state index in [0.717, 1.165) is 17.3 Å². The van der Waals surface area contributed by atoms with E-state index in [-0.39, 0.29) is 11.9 Å². The summed E-state index contributed by atoms with van der Waals surface area (Å²) in [7, 11) is 0. The van der Waals surface area contributed by atoms with Crippen LogP contribution < -0.4 is 11.1 Å². The third kappa shape index (κ3) is 4.31. The Hall–Kier alpha value is -0.880. The number of primary amides is 1. The Bertz CT molecular complexity index is 524. The van der Waals surface area contributed by atoms with Crippen LogP contribution in [0.2, 0.25) is 4.34 Å². The summed E-state index contributed by atoms with van der Waals surface area (Å²) in [6.07, 6.45) is 1.16. The Balaban J connectivity index is 2.01. The minimum atomic E-state index is -0.256. The summed E-state index contributed by atoms with van der Waals surface area (Å²) in [6, 6.07) is 8.23. The summed E-state index contributed by atoms with van der Waals surface area (Å²) < 4.78 is 0.787. The Labute approximate surface area is 125 Å². The lowest BCUT2D eigenvalue weighted by Crippen LogP contribution is -2.23. The molecular formula is C13H15ClN2OS2. The van der Waals surface area contributed by atoms with Crippen LogP contribution in [0.25, 0.3) is 0 Å². The SMILES string of the molecule is NC(=O)CCCNC(c1cccs1)c1ccc(Cl)s1. The maximum absolute atomic E-state index is 10.7. The van der Waals surface area contributed by atoms with Crippen LogP contribution in [0.3, 0.4) is 0 Å². The van der Waals surface area contributed by atoms with E-state index in [1.807, 2.05) is 18.2 Å². The molecule has 0 saturated heterocycles. The molecule has 19 heavy (non-hydrogen) atoms. The molecule has 2 heterocycles. The Morgan fingerprint density at radius 2 is 2.21 bits per heavy atom. The van der Waals surface area contributed by atoms with E-state index in [2.05, 4.69) is 16.8 Å². The standard InChI is InChI=1S/C13H15ClN2OS2/c14-11-6-5-10(19-11)13(9-3-2-8-18-9)16-7-1-4-12(15)17/h2-3,5-6,8,13,16H,1,4,7H2,(H2,15,17). The molecular weight excluding hydrogens is 300 g/mol. The van der Waals surface area contributed by atoms with Gasteiger partial charge in [0.1, 0.15) is 0 Å². The van der Waals surface area contributed by atoms with Gasteiger partial charge in [-0.1, -0.05) is 17.7 Å². The molecule has 3 N–H and O–H groups in total. The fourth-order valence-electron chi connectivity index (χ4n) is 1.79. The molecule has 102 valence electrons. The minimum Gasteiger partial charge on any atom is -0.370 e. The number of carbonyl (C=O) groups is 1. The average Bonchev–Trinajstić information content (AvgIpc) is 3.00. The molecule has 3 nitrogen and oxygen atoms in total. The van der Waals surface area contributed by atoms with E-state index in [0.29, 0.717) is 6.42 Å². The quantitative estimate of drug-likeness (QED) is 0.769. The van der Waals surface area contributed by atoms with Crippen molar-refractivity contribution in [3.8, 4) is 0 Å². The van der Waals surface area contributed by atoms with E-state index in [1.165, 1.54) is 9.75 Å². The highest BCUT2D eigenvalue weighted by Crippen LogP contribution is 2.32. The van der Waals surface area contributed by atoms with Crippen LogP contribution in [0.4, 0.5) is 0 Å². The van der Waals surface area contributed by atoms with Gasteiger partial charge in [-0.05, 0) is 36.5 Å². The molecule has 0 bridgehead atoms. The van der Waals surface area contributed by atoms with Crippen molar-refractivity contribution in [3.05, 3.63) is 43.7 Å². The van der Waals surface area contributed by atoms with Crippen molar-refractivity contribution in [2.75, 3.05) is 6.54 Å². The van der Waals surface area contributed by atoms with Gasteiger partial charge in [0.25, 0.3) is 0 Å². The average molecular weight is 315 g/mol. The van der Waals surface area contributed by atoms with Crippen molar-refractivity contribution < 1.29 is 4.79 Å². The van der Waals surface area contributed by atoms with Gasteiger partial charge in [0, 0.05) is 16.2 Å². The van der Waals surface area contributed by atoms with E-state index < -0.39 is 0 Å². The number of halogens is 1. The molecule has 0 spiro atoms. The number of rotatable bonds is 7. The predicted octanol–water partition coefficient (Wildman–Crippen LogP) is 3.41. The van der Waals surface area contributed by atoms with Crippen LogP contribution in [0.15, 0.2) is 29.6 Å². The Morgan fingerprint density at radius 1 is 1.37 bits per heavy atom. The van der Waals surface area contributed by atoms with Crippen molar-refractivity contribution in [2.24, 2.45) is 5.73 Å². The Morgan fingerprint density at radius 3 is 2.79 bits per heavy atom. The molecule has 0 aliphatic heterocycles. The first-order valence-electron chi connectivity index (χ1n) is 5.97. The molecule has 0 radical (unpaired) electrons. The summed E-state index contributed by atoms with van der Waals surface area (Å²) >= 11 is 9.29. The van der Waals surface area contributed by atoms with Crippen LogP contribution in [-0.4, -0.2) is 12.5 Å². The third-order valence-corrected chi connectivity index (χ3v) is 4.89. The molecule has 2 aromatic rings. The van der Waals surface area contributed by atoms with Gasteiger partial charge in [-0.3, -0.25) is 4.79 Å². The van der Waals surface area contributed by atoms with Crippen LogP contribution in [0, 0.1) is 0 Å². The summed E-state index contributed by atoms with van der Waals surface area (Å²) in [4.78, 5) is 13.2. The van der Waals surface area contributed by atoms with E-state index in [4.69, 9.17) is 17.3 Å². The largest absolute Gasteiger partial charge is 0.370 e. The fourth-order valence-corrected chi connectivity index (χ4v) is 3.84. The van der Waals surface area contributed by atoms with Crippen molar-refractivity contribution in [1.29, 1.82) is 0 Å². The number of amides is 1. The maximum Gasteiger partial charge on any atom is 0.217 e. The maximum atomic E-state index is 10.7. The lowest BCUT2D eigenvalue weighted by atomic mass is 10.2. The van der Waals surface area contributed by atoms with Gasteiger partial charge in [-0.25, -0.2) is 0 Å².